The summed E-state index contributed by atoms with van der Waals surface area (Å²) in [5.41, 5.74) is 6.63. The molecule has 1 aliphatic carbocycles. The Morgan fingerprint density at radius 2 is 2.05 bits per heavy atom. The first kappa shape index (κ1) is 12.8. The Hall–Kier alpha value is -1.20. The van der Waals surface area contributed by atoms with Gasteiger partial charge < -0.3 is 15.2 Å². The van der Waals surface area contributed by atoms with Crippen molar-refractivity contribution in [2.75, 3.05) is 13.2 Å². The summed E-state index contributed by atoms with van der Waals surface area (Å²) in [4.78, 5) is 4.12. The predicted octanol–water partition coefficient (Wildman–Crippen LogP) is 1.98. The van der Waals surface area contributed by atoms with E-state index in [2.05, 4.69) is 4.98 Å². The van der Waals surface area contributed by atoms with Crippen LogP contribution in [0.1, 0.15) is 37.2 Å². The third kappa shape index (κ3) is 2.87. The molecule has 0 amide bonds. The standard InChI is InChI=1S/C14H19FN2O2/c15-10-5-13(9-1-3-18-4-2-9)14(17-8-10)19-12-6-11(16)7-12/h5,8-9,11-12H,1-4,6-7,16H2. The topological polar surface area (TPSA) is 57.4 Å². The Labute approximate surface area is 112 Å². The highest BCUT2D eigenvalue weighted by molar-refractivity contribution is 5.30. The molecule has 1 aliphatic heterocycles. The molecule has 19 heavy (non-hydrogen) atoms. The van der Waals surface area contributed by atoms with Gasteiger partial charge in [0.1, 0.15) is 11.9 Å². The van der Waals surface area contributed by atoms with Gasteiger partial charge in [0.05, 0.1) is 6.20 Å². The zero-order valence-electron chi connectivity index (χ0n) is 10.8. The highest BCUT2D eigenvalue weighted by Gasteiger charge is 2.30. The van der Waals surface area contributed by atoms with Crippen LogP contribution in [0, 0.1) is 5.82 Å². The minimum atomic E-state index is -0.306. The molecule has 104 valence electrons. The summed E-state index contributed by atoms with van der Waals surface area (Å²) < 4.78 is 24.6. The van der Waals surface area contributed by atoms with Gasteiger partial charge in [0.15, 0.2) is 0 Å². The summed E-state index contributed by atoms with van der Waals surface area (Å²) in [6.45, 7) is 1.43. The molecule has 2 N–H and O–H groups in total. The molecular formula is C14H19FN2O2. The van der Waals surface area contributed by atoms with Crippen molar-refractivity contribution in [1.82, 2.24) is 4.98 Å². The first-order valence-electron chi connectivity index (χ1n) is 6.88. The Bertz CT molecular complexity index is 443. The molecule has 0 atom stereocenters. The molecule has 2 heterocycles. The van der Waals surface area contributed by atoms with E-state index in [4.69, 9.17) is 15.2 Å². The Morgan fingerprint density at radius 1 is 1.32 bits per heavy atom. The van der Waals surface area contributed by atoms with Crippen molar-refractivity contribution in [1.29, 1.82) is 0 Å². The van der Waals surface area contributed by atoms with Crippen molar-refractivity contribution in [2.45, 2.75) is 43.7 Å². The van der Waals surface area contributed by atoms with Crippen LogP contribution in [0.5, 0.6) is 5.88 Å². The van der Waals surface area contributed by atoms with Crippen molar-refractivity contribution in [3.63, 3.8) is 0 Å². The van der Waals surface area contributed by atoms with E-state index in [1.54, 1.807) is 6.07 Å². The van der Waals surface area contributed by atoms with E-state index in [1.165, 1.54) is 6.20 Å². The van der Waals surface area contributed by atoms with Gasteiger partial charge in [-0.3, -0.25) is 0 Å². The van der Waals surface area contributed by atoms with Gasteiger partial charge in [-0.05, 0) is 37.7 Å². The van der Waals surface area contributed by atoms with Gasteiger partial charge in [0.2, 0.25) is 5.88 Å². The van der Waals surface area contributed by atoms with E-state index in [9.17, 15) is 4.39 Å². The van der Waals surface area contributed by atoms with E-state index < -0.39 is 0 Å². The molecule has 1 aromatic rings. The number of nitrogens with two attached hydrogens (primary N) is 1. The highest BCUT2D eigenvalue weighted by Crippen LogP contribution is 2.34. The Kier molecular flexibility index (Phi) is 3.66. The van der Waals surface area contributed by atoms with Crippen molar-refractivity contribution in [3.8, 4) is 5.88 Å². The quantitative estimate of drug-likeness (QED) is 0.909. The van der Waals surface area contributed by atoms with Gasteiger partial charge in [0.25, 0.3) is 0 Å². The average Bonchev–Trinajstić information content (AvgIpc) is 2.40. The lowest BCUT2D eigenvalue weighted by Crippen LogP contribution is -2.43. The number of nitrogens with zero attached hydrogens (tertiary/aromatic N) is 1. The molecule has 4 nitrogen and oxygen atoms in total. The monoisotopic (exact) mass is 266 g/mol. The van der Waals surface area contributed by atoms with Crippen LogP contribution in [-0.2, 0) is 4.74 Å². The Morgan fingerprint density at radius 3 is 2.74 bits per heavy atom. The van der Waals surface area contributed by atoms with E-state index in [0.29, 0.717) is 5.88 Å². The molecule has 0 spiro atoms. The van der Waals surface area contributed by atoms with Gasteiger partial charge in [0, 0.05) is 24.8 Å². The van der Waals surface area contributed by atoms with Crippen molar-refractivity contribution in [3.05, 3.63) is 23.6 Å². The average molecular weight is 266 g/mol. The molecule has 5 heteroatoms. The number of rotatable bonds is 3. The number of halogens is 1. The third-order valence-corrected chi connectivity index (χ3v) is 3.92. The highest BCUT2D eigenvalue weighted by atomic mass is 19.1. The fourth-order valence-electron chi connectivity index (χ4n) is 2.70. The zero-order chi connectivity index (χ0) is 13.2. The van der Waals surface area contributed by atoms with Crippen LogP contribution in [0.4, 0.5) is 4.39 Å². The van der Waals surface area contributed by atoms with Crippen molar-refractivity contribution < 1.29 is 13.9 Å². The molecule has 1 saturated carbocycles. The molecular weight excluding hydrogens is 247 g/mol. The van der Waals surface area contributed by atoms with Crippen LogP contribution >= 0.6 is 0 Å². The molecule has 0 radical (unpaired) electrons. The number of hydrogen-bond acceptors (Lipinski definition) is 4. The smallest absolute Gasteiger partial charge is 0.217 e. The molecule has 1 aromatic heterocycles. The van der Waals surface area contributed by atoms with Crippen LogP contribution in [0.15, 0.2) is 12.3 Å². The first-order chi connectivity index (χ1) is 9.22. The van der Waals surface area contributed by atoms with Crippen LogP contribution < -0.4 is 10.5 Å². The summed E-state index contributed by atoms with van der Waals surface area (Å²) in [7, 11) is 0. The molecule has 0 bridgehead atoms. The van der Waals surface area contributed by atoms with Gasteiger partial charge in [-0.2, -0.15) is 0 Å². The molecule has 3 rings (SSSR count). The minimum Gasteiger partial charge on any atom is -0.474 e. The van der Waals surface area contributed by atoms with Gasteiger partial charge in [-0.1, -0.05) is 0 Å². The molecule has 1 saturated heterocycles. The number of hydrogen-bond donors (Lipinski definition) is 1. The minimum absolute atomic E-state index is 0.131. The number of pyridine rings is 1. The summed E-state index contributed by atoms with van der Waals surface area (Å²) >= 11 is 0. The molecule has 0 aromatic carbocycles. The maximum atomic E-state index is 13.4. The van der Waals surface area contributed by atoms with Gasteiger partial charge in [-0.25, -0.2) is 9.37 Å². The van der Waals surface area contributed by atoms with E-state index in [0.717, 1.165) is 44.5 Å². The maximum absolute atomic E-state index is 13.4. The van der Waals surface area contributed by atoms with Crippen LogP contribution in [0.25, 0.3) is 0 Å². The second kappa shape index (κ2) is 5.43. The lowest BCUT2D eigenvalue weighted by Gasteiger charge is -2.33. The number of ether oxygens (including phenoxy) is 2. The summed E-state index contributed by atoms with van der Waals surface area (Å²) in [5, 5.41) is 0. The van der Waals surface area contributed by atoms with Crippen molar-refractivity contribution >= 4 is 0 Å². The molecule has 0 unspecified atom stereocenters. The predicted molar refractivity (Wildman–Crippen MR) is 68.6 cm³/mol. The maximum Gasteiger partial charge on any atom is 0.217 e. The molecule has 2 fully saturated rings. The largest absolute Gasteiger partial charge is 0.474 e. The van der Waals surface area contributed by atoms with Gasteiger partial charge in [-0.15, -0.1) is 0 Å². The third-order valence-electron chi connectivity index (χ3n) is 3.92. The van der Waals surface area contributed by atoms with Crippen molar-refractivity contribution in [2.24, 2.45) is 5.73 Å². The van der Waals surface area contributed by atoms with Crippen LogP contribution in [-0.4, -0.2) is 30.3 Å². The fraction of sp³-hybridized carbons (Fsp3) is 0.643. The lowest BCUT2D eigenvalue weighted by molar-refractivity contribution is 0.0776. The second-order valence-corrected chi connectivity index (χ2v) is 5.41. The van der Waals surface area contributed by atoms with Crippen LogP contribution in [0.2, 0.25) is 0 Å². The zero-order valence-corrected chi connectivity index (χ0v) is 10.8. The fourth-order valence-corrected chi connectivity index (χ4v) is 2.70. The Balaban J connectivity index is 1.77. The van der Waals surface area contributed by atoms with Gasteiger partial charge >= 0.3 is 0 Å². The normalized spacial score (nSPS) is 27.9. The van der Waals surface area contributed by atoms with Crippen LogP contribution in [0.3, 0.4) is 0 Å². The second-order valence-electron chi connectivity index (χ2n) is 5.41. The lowest BCUT2D eigenvalue weighted by atomic mass is 9.89. The molecule has 2 aliphatic rings. The van der Waals surface area contributed by atoms with E-state index in [1.807, 2.05) is 0 Å². The summed E-state index contributed by atoms with van der Waals surface area (Å²) in [6.07, 6.45) is 4.85. The SMILES string of the molecule is NC1CC(Oc2ncc(F)cc2C2CCOCC2)C1. The van der Waals surface area contributed by atoms with E-state index >= 15 is 0 Å². The summed E-state index contributed by atoms with van der Waals surface area (Å²) in [5.74, 6) is 0.546. The van der Waals surface area contributed by atoms with E-state index in [-0.39, 0.29) is 23.9 Å². The first-order valence-corrected chi connectivity index (χ1v) is 6.88. The summed E-state index contributed by atoms with van der Waals surface area (Å²) in [6, 6.07) is 1.79. The number of aromatic nitrogens is 1.